The number of fused-ring (bicyclic) bond motifs is 5. The molecular weight excluding hydrogens is 2090 g/mol. The topological polar surface area (TPSA) is 345 Å². The number of hydrogen-bond acceptors (Lipinski definition) is 25. The van der Waals surface area contributed by atoms with E-state index in [1.54, 1.807) is 37.3 Å². The number of halogens is 5. The number of aromatic nitrogens is 1. The van der Waals surface area contributed by atoms with Crippen LogP contribution in [0.3, 0.4) is 0 Å². The molecule has 0 spiro atoms. The summed E-state index contributed by atoms with van der Waals surface area (Å²) in [5.41, 5.74) is 13.4. The van der Waals surface area contributed by atoms with Crippen molar-refractivity contribution >= 4 is 116 Å². The minimum atomic E-state index is -0.959. The number of nitrogens with zero attached hydrogens (tertiary/aromatic N) is 3. The van der Waals surface area contributed by atoms with Crippen molar-refractivity contribution in [1.82, 2.24) is 30.3 Å². The number of alkyl carbamates (subject to hydrolysis) is 1. The van der Waals surface area contributed by atoms with Crippen molar-refractivity contribution in [3.8, 4) is 57.5 Å². The van der Waals surface area contributed by atoms with Crippen molar-refractivity contribution < 1.29 is 100 Å². The molecule has 5 aliphatic carbocycles. The van der Waals surface area contributed by atoms with Crippen LogP contribution in [0.15, 0.2) is 63.6 Å². The van der Waals surface area contributed by atoms with Gasteiger partial charge in [0.05, 0.1) is 65.9 Å². The highest BCUT2D eigenvalue weighted by molar-refractivity contribution is 9.11. The summed E-state index contributed by atoms with van der Waals surface area (Å²) < 4.78 is 86.2. The van der Waals surface area contributed by atoms with Gasteiger partial charge in [-0.15, -0.1) is 0 Å². The number of carbonyl (C=O) groups is 6. The number of carboxylic acid groups (broad SMARTS) is 1. The molecule has 2 amide bonds. The summed E-state index contributed by atoms with van der Waals surface area (Å²) in [6.07, 6.45) is 20.6. The molecule has 16 rings (SSSR count). The van der Waals surface area contributed by atoms with Crippen LogP contribution >= 0.6 is 79.6 Å². The lowest BCUT2D eigenvalue weighted by atomic mass is 9.81. The van der Waals surface area contributed by atoms with Gasteiger partial charge in [0.1, 0.15) is 5.60 Å². The highest BCUT2D eigenvalue weighted by atomic mass is 79.9. The molecule has 5 aromatic carbocycles. The summed E-state index contributed by atoms with van der Waals surface area (Å²) >= 11 is 17.5. The zero-order chi connectivity index (χ0) is 101. The van der Waals surface area contributed by atoms with Crippen molar-refractivity contribution in [3.63, 3.8) is 0 Å². The number of aromatic carboxylic acids is 1. The molecule has 5 saturated carbocycles. The average Bonchev–Trinajstić information content (AvgIpc) is 1.58. The number of esters is 3. The van der Waals surface area contributed by atoms with Gasteiger partial charge in [0.15, 0.2) is 57.5 Å². The maximum absolute atomic E-state index is 13.2. The summed E-state index contributed by atoms with van der Waals surface area (Å²) in [5, 5.41) is 15.2. The lowest BCUT2D eigenvalue weighted by Crippen LogP contribution is -2.48. The monoisotopic (exact) mass is 2220 g/mol. The Bertz CT molecular complexity index is 5550. The van der Waals surface area contributed by atoms with E-state index in [2.05, 4.69) is 152 Å². The number of aryl methyl sites for hydroxylation is 2. The first kappa shape index (κ1) is 108. The molecule has 34 heteroatoms. The number of rotatable bonds is 17. The fraction of sp³-hybridized carbons (Fsp3) is 0.602. The quantitative estimate of drug-likeness (QED) is 0.0418. The largest absolute Gasteiger partial charge is 0.478 e. The van der Waals surface area contributed by atoms with Crippen molar-refractivity contribution in [2.75, 3.05) is 63.6 Å². The number of ether oxygens (including phenoxy) is 14. The van der Waals surface area contributed by atoms with Crippen LogP contribution in [0.4, 0.5) is 4.79 Å². The van der Waals surface area contributed by atoms with Crippen LogP contribution in [0.5, 0.6) is 57.5 Å². The van der Waals surface area contributed by atoms with Gasteiger partial charge in [-0.2, -0.15) is 0 Å². The number of amides is 2. The fourth-order valence-corrected chi connectivity index (χ4v) is 23.2. The van der Waals surface area contributed by atoms with Crippen molar-refractivity contribution in [3.05, 3.63) is 142 Å². The predicted molar refractivity (Wildman–Crippen MR) is 539 cm³/mol. The maximum Gasteiger partial charge on any atom is 0.407 e. The summed E-state index contributed by atoms with van der Waals surface area (Å²) in [7, 11) is 16.9. The number of methoxy groups -OCH3 is 3. The Morgan fingerprint density at radius 2 is 0.686 bits per heavy atom. The van der Waals surface area contributed by atoms with Gasteiger partial charge in [0.25, 0.3) is 40.4 Å². The number of hydrogen-bond donors (Lipinski definition) is 5. The molecule has 5 aliphatic heterocycles. The molecule has 5 atom stereocenters. The van der Waals surface area contributed by atoms with Crippen LogP contribution in [0, 0.1) is 71.1 Å². The van der Waals surface area contributed by atoms with Gasteiger partial charge in [-0.1, -0.05) is 6.92 Å². The van der Waals surface area contributed by atoms with Gasteiger partial charge < -0.3 is 107 Å². The van der Waals surface area contributed by atoms with Crippen LogP contribution in [0.1, 0.15) is 287 Å². The third-order valence-electron chi connectivity index (χ3n) is 29.3. The number of carboxylic acids is 1. The molecule has 0 bridgehead atoms. The van der Waals surface area contributed by atoms with Crippen LogP contribution in [-0.4, -0.2) is 189 Å². The first-order valence-corrected chi connectivity index (χ1v) is 51.6. The maximum atomic E-state index is 13.2. The first-order chi connectivity index (χ1) is 64.3. The van der Waals surface area contributed by atoms with E-state index in [1.807, 2.05) is 103 Å². The van der Waals surface area contributed by atoms with E-state index in [9.17, 15) is 38.7 Å². The van der Waals surface area contributed by atoms with Gasteiger partial charge >= 0.3 is 30.0 Å². The Labute approximate surface area is 847 Å². The molecule has 1 aromatic heterocycles. The van der Waals surface area contributed by atoms with Crippen LogP contribution in [0.25, 0.3) is 0 Å². The Hall–Kier alpha value is -8.09. The first-order valence-electron chi connectivity index (χ1n) is 47.6. The minimum Gasteiger partial charge on any atom is -0.478 e. The molecule has 6 N–H and O–H groups in total. The standard InChI is InChI=1S/C27H36BrN3O4.C22H30BrNO6.C19H26BrNO4.C18H24BrNO4.C17H22BrNO4/c1-7-17-12-15(2)30-26(33)21(17)14-29-25(32)20-13-22(28)24-23(16(20)3)34-27(4,35-24)18-8-10-19(11-9-18)31(5)6;1-12-15(19(25)27-6)11-16(23)18-17(12)28-22(5,29-18)13-7-9-14(10-8-13)24-20(26)30-21(2,3)4;1-11-14(18(22)23-5)10-15(20)17-16(11)24-19(2,25-17)12-6-8-13(9-7-12)21(3)4;1-10-13(17(21)22)9-14(19)16-15(10)23-18(2,24-16)11-5-7-12(8-6-11)20(3)4;1-9-12(16(20)21-3)8-13(18)15-14(9)22-17(2,23-15)10-4-6-11(19)7-5-10/h12-13,18-19H,7-11,14H2,1-6H3,(H,29,32)(H,30,33);11,13-14H,7-10H2,1-6H3,(H,24,26);10,12-13H,6-9H2,1-5H3;9,11-12H,5-8H2,1-4H3,(H,21,22);8,10-11H,4-7,19H2,1-3H3. The smallest absolute Gasteiger partial charge is 0.407 e. The zero-order valence-electron chi connectivity index (χ0n) is 83.6. The lowest BCUT2D eigenvalue weighted by Gasteiger charge is -2.39. The number of benzene rings is 5. The average molecular weight is 2230 g/mol. The number of carbonyl (C=O) groups excluding carboxylic acids is 5. The second kappa shape index (κ2) is 43.8. The summed E-state index contributed by atoms with van der Waals surface area (Å²) in [5.74, 6) is 1.44. The SMILES string of the molecule is CCc1cc(C)[nH]c(=O)c1CNC(=O)c1cc(Br)c2c(c1C)OC(C)(C1CCC(N(C)C)CC1)O2.COC(=O)c1cc(Br)c2c(c1C)OC(C)(C1CCC(N(C)C)CC1)O2.COC(=O)c1cc(Br)c2c(c1C)OC(C)(C1CCC(N)CC1)O2.COC(=O)c1cc(Br)c2c(c1C)OC(C)(C1CCC(NC(=O)OC(C)(C)C)CC1)O2.Cc1c(C(=O)O)cc(Br)c2c1OC(C)(C1CCC(N(C)C)CC1)O2. The molecule has 6 heterocycles. The van der Waals surface area contributed by atoms with Gasteiger partial charge in [-0.25, -0.2) is 24.0 Å². The Kier molecular flexibility index (Phi) is 34.4. The lowest BCUT2D eigenvalue weighted by molar-refractivity contribution is -0.123. The van der Waals surface area contributed by atoms with Gasteiger partial charge in [-0.05, 0) is 361 Å². The van der Waals surface area contributed by atoms with Crippen LogP contribution < -0.4 is 69.3 Å². The Morgan fingerprint density at radius 3 is 0.964 bits per heavy atom. The van der Waals surface area contributed by atoms with E-state index in [0.717, 1.165) is 167 Å². The van der Waals surface area contributed by atoms with Crippen molar-refractivity contribution in [2.24, 2.45) is 35.3 Å². The molecule has 137 heavy (non-hydrogen) atoms. The van der Waals surface area contributed by atoms with E-state index >= 15 is 0 Å². The minimum absolute atomic E-state index is 0.0721. The number of nitrogens with two attached hydrogens (primary N) is 1. The summed E-state index contributed by atoms with van der Waals surface area (Å²) in [4.78, 5) is 94.8. The molecule has 5 fully saturated rings. The second-order valence-corrected chi connectivity index (χ2v) is 44.6. The second-order valence-electron chi connectivity index (χ2n) is 40.4. The molecule has 29 nitrogen and oxygen atoms in total. The zero-order valence-corrected chi connectivity index (χ0v) is 91.6. The molecule has 0 saturated heterocycles. The normalized spacial score (nSPS) is 26.8. The van der Waals surface area contributed by atoms with E-state index in [-0.39, 0.29) is 71.4 Å². The molecule has 752 valence electrons. The molecule has 10 aliphatic rings. The molecule has 6 aromatic rings. The van der Waals surface area contributed by atoms with Gasteiger partial charge in [0, 0.05) is 146 Å². The molecule has 5 unspecified atom stereocenters. The molecular formula is C103H138Br5N7O22. The number of H-pyrrole nitrogens is 1. The van der Waals surface area contributed by atoms with Gasteiger partial charge in [-0.3, -0.25) is 9.59 Å². The summed E-state index contributed by atoms with van der Waals surface area (Å²) in [6.45, 7) is 28.7. The molecule has 0 radical (unpaired) electrons. The van der Waals surface area contributed by atoms with Crippen LogP contribution in [0.2, 0.25) is 0 Å². The summed E-state index contributed by atoms with van der Waals surface area (Å²) in [6, 6.07) is 12.7. The van der Waals surface area contributed by atoms with E-state index < -0.39 is 46.5 Å². The van der Waals surface area contributed by atoms with E-state index in [4.69, 9.17) is 72.0 Å². The highest BCUT2D eigenvalue weighted by Crippen LogP contribution is 2.58. The van der Waals surface area contributed by atoms with E-state index in [1.165, 1.54) is 21.3 Å². The van der Waals surface area contributed by atoms with Crippen molar-refractivity contribution in [2.45, 2.75) is 310 Å². The highest BCUT2D eigenvalue weighted by Gasteiger charge is 2.54. The predicted octanol–water partition coefficient (Wildman–Crippen LogP) is 21.7. The third-order valence-corrected chi connectivity index (χ3v) is 32.3. The number of nitrogens with one attached hydrogen (secondary N) is 3. The Balaban J connectivity index is 0.000000155. The number of pyridine rings is 1. The van der Waals surface area contributed by atoms with Crippen molar-refractivity contribution in [1.29, 1.82) is 0 Å². The third kappa shape index (κ3) is 23.8. The number of aromatic amines is 1. The Morgan fingerprint density at radius 1 is 0.423 bits per heavy atom. The van der Waals surface area contributed by atoms with E-state index in [0.29, 0.717) is 144 Å². The van der Waals surface area contributed by atoms with Gasteiger partial charge in [0.2, 0.25) is 0 Å². The van der Waals surface area contributed by atoms with Crippen LogP contribution in [-0.2, 0) is 31.9 Å². The fourth-order valence-electron chi connectivity index (χ4n) is 20.8.